The predicted molar refractivity (Wildman–Crippen MR) is 81.2 cm³/mol. The first-order valence-corrected chi connectivity index (χ1v) is 7.83. The molecule has 0 bridgehead atoms. The summed E-state index contributed by atoms with van der Waals surface area (Å²) in [6, 6.07) is 0.279. The Hall–Kier alpha value is -0.570. The molecule has 1 fully saturated rings. The van der Waals surface area contributed by atoms with Crippen LogP contribution in [0, 0.1) is 5.92 Å². The molecule has 1 rings (SSSR count). The molecule has 1 amide bonds. The van der Waals surface area contributed by atoms with E-state index in [0.29, 0.717) is 5.91 Å². The first kappa shape index (κ1) is 16.5. The van der Waals surface area contributed by atoms with Crippen LogP contribution < -0.4 is 0 Å². The van der Waals surface area contributed by atoms with Gasteiger partial charge in [0.25, 0.3) is 0 Å². The minimum absolute atomic E-state index is 0.0776. The summed E-state index contributed by atoms with van der Waals surface area (Å²) in [7, 11) is 0. The van der Waals surface area contributed by atoms with Gasteiger partial charge in [0, 0.05) is 17.5 Å². The molecular formula is C16H32N2O. The Morgan fingerprint density at radius 2 is 1.79 bits per heavy atom. The van der Waals surface area contributed by atoms with E-state index < -0.39 is 0 Å². The van der Waals surface area contributed by atoms with Crippen molar-refractivity contribution >= 4 is 5.91 Å². The largest absolute Gasteiger partial charge is 0.335 e. The van der Waals surface area contributed by atoms with Crippen LogP contribution in [0.15, 0.2) is 0 Å². The Bertz CT molecular complexity index is 286. The number of carbonyl (C=O) groups excluding carboxylic acids is 1. The monoisotopic (exact) mass is 268 g/mol. The van der Waals surface area contributed by atoms with Crippen LogP contribution in [-0.2, 0) is 4.79 Å². The smallest absolute Gasteiger partial charge is 0.226 e. The molecule has 0 N–H and O–H groups in total. The summed E-state index contributed by atoms with van der Waals surface area (Å²) in [6.07, 6.45) is 3.26. The lowest BCUT2D eigenvalue weighted by Crippen LogP contribution is -2.53. The van der Waals surface area contributed by atoms with Crippen LogP contribution in [0.3, 0.4) is 0 Å². The molecule has 1 aliphatic heterocycles. The zero-order valence-corrected chi connectivity index (χ0v) is 13.7. The van der Waals surface area contributed by atoms with Crippen LogP contribution >= 0.6 is 0 Å². The highest BCUT2D eigenvalue weighted by atomic mass is 16.2. The van der Waals surface area contributed by atoms with E-state index in [9.17, 15) is 4.79 Å². The predicted octanol–water partition coefficient (Wildman–Crippen LogP) is 3.14. The standard InChI is InChI=1S/C16H32N2O/c1-7-10-17-11-8-14(9-12-17)15(19)18(13(2)3)16(4,5)6/h13-14H,7-12H2,1-6H3. The van der Waals surface area contributed by atoms with Gasteiger partial charge in [-0.15, -0.1) is 0 Å². The number of nitrogens with zero attached hydrogens (tertiary/aromatic N) is 2. The number of rotatable bonds is 4. The fourth-order valence-electron chi connectivity index (χ4n) is 3.28. The maximum Gasteiger partial charge on any atom is 0.226 e. The van der Waals surface area contributed by atoms with E-state index in [1.165, 1.54) is 13.0 Å². The molecule has 0 aromatic rings. The van der Waals surface area contributed by atoms with Crippen molar-refractivity contribution < 1.29 is 4.79 Å². The third-order valence-corrected chi connectivity index (χ3v) is 3.95. The van der Waals surface area contributed by atoms with Gasteiger partial charge in [0.2, 0.25) is 5.91 Å². The minimum atomic E-state index is -0.0776. The molecule has 0 spiro atoms. The van der Waals surface area contributed by atoms with Crippen molar-refractivity contribution in [3.05, 3.63) is 0 Å². The van der Waals surface area contributed by atoms with Gasteiger partial charge in [-0.2, -0.15) is 0 Å². The maximum atomic E-state index is 12.8. The molecule has 0 aliphatic carbocycles. The molecule has 1 heterocycles. The Morgan fingerprint density at radius 3 is 2.16 bits per heavy atom. The van der Waals surface area contributed by atoms with E-state index in [-0.39, 0.29) is 17.5 Å². The highest BCUT2D eigenvalue weighted by Gasteiger charge is 2.34. The summed E-state index contributed by atoms with van der Waals surface area (Å²) >= 11 is 0. The zero-order valence-electron chi connectivity index (χ0n) is 13.7. The first-order chi connectivity index (χ1) is 8.77. The normalized spacial score (nSPS) is 18.9. The molecule has 0 unspecified atom stereocenters. The third-order valence-electron chi connectivity index (χ3n) is 3.95. The van der Waals surface area contributed by atoms with Gasteiger partial charge >= 0.3 is 0 Å². The molecular weight excluding hydrogens is 236 g/mol. The zero-order chi connectivity index (χ0) is 14.6. The van der Waals surface area contributed by atoms with Gasteiger partial charge in [-0.25, -0.2) is 0 Å². The lowest BCUT2D eigenvalue weighted by Gasteiger charge is -2.42. The van der Waals surface area contributed by atoms with E-state index in [2.05, 4.69) is 51.3 Å². The SMILES string of the molecule is CCCN1CCC(C(=O)N(C(C)C)C(C)(C)C)CC1. The molecule has 0 radical (unpaired) electrons. The topological polar surface area (TPSA) is 23.6 Å². The van der Waals surface area contributed by atoms with Crippen molar-refractivity contribution in [1.82, 2.24) is 9.80 Å². The minimum Gasteiger partial charge on any atom is -0.335 e. The number of likely N-dealkylation sites (tertiary alicyclic amines) is 1. The molecule has 0 aromatic carbocycles. The lowest BCUT2D eigenvalue weighted by atomic mass is 9.92. The number of amides is 1. The summed E-state index contributed by atoms with van der Waals surface area (Å²) in [4.78, 5) is 17.3. The second-order valence-corrected chi connectivity index (χ2v) is 7.09. The number of hydrogen-bond donors (Lipinski definition) is 0. The van der Waals surface area contributed by atoms with Gasteiger partial charge in [0.05, 0.1) is 0 Å². The Morgan fingerprint density at radius 1 is 1.26 bits per heavy atom. The van der Waals surface area contributed by atoms with Gasteiger partial charge in [0.1, 0.15) is 0 Å². The maximum absolute atomic E-state index is 12.8. The molecule has 0 aromatic heterocycles. The van der Waals surface area contributed by atoms with E-state index >= 15 is 0 Å². The Labute approximate surface area is 119 Å². The van der Waals surface area contributed by atoms with Gasteiger partial charge in [-0.3, -0.25) is 4.79 Å². The summed E-state index contributed by atoms with van der Waals surface area (Å²) in [5, 5.41) is 0. The van der Waals surface area contributed by atoms with Gasteiger partial charge < -0.3 is 9.80 Å². The molecule has 3 nitrogen and oxygen atoms in total. The average molecular weight is 268 g/mol. The van der Waals surface area contributed by atoms with Crippen molar-refractivity contribution in [1.29, 1.82) is 0 Å². The first-order valence-electron chi connectivity index (χ1n) is 7.83. The Kier molecular flexibility index (Phi) is 5.84. The quantitative estimate of drug-likeness (QED) is 0.782. The third kappa shape index (κ3) is 4.48. The van der Waals surface area contributed by atoms with Gasteiger partial charge in [0.15, 0.2) is 0 Å². The number of carbonyl (C=O) groups is 1. The molecule has 112 valence electrons. The molecule has 0 saturated carbocycles. The van der Waals surface area contributed by atoms with Gasteiger partial charge in [-0.05, 0) is 73.5 Å². The van der Waals surface area contributed by atoms with E-state index in [1.807, 2.05) is 0 Å². The van der Waals surface area contributed by atoms with Crippen molar-refractivity contribution in [2.75, 3.05) is 19.6 Å². The van der Waals surface area contributed by atoms with Crippen LogP contribution in [0.2, 0.25) is 0 Å². The second kappa shape index (κ2) is 6.74. The molecule has 3 heteroatoms. The summed E-state index contributed by atoms with van der Waals surface area (Å²) in [5.74, 6) is 0.591. The average Bonchev–Trinajstić information content (AvgIpc) is 2.27. The van der Waals surface area contributed by atoms with Crippen molar-refractivity contribution in [3.63, 3.8) is 0 Å². The highest BCUT2D eigenvalue weighted by molar-refractivity contribution is 5.80. The lowest BCUT2D eigenvalue weighted by molar-refractivity contribution is -0.144. The molecule has 1 saturated heterocycles. The highest BCUT2D eigenvalue weighted by Crippen LogP contribution is 2.25. The van der Waals surface area contributed by atoms with Crippen molar-refractivity contribution in [3.8, 4) is 0 Å². The van der Waals surface area contributed by atoms with Gasteiger partial charge in [-0.1, -0.05) is 6.92 Å². The summed E-state index contributed by atoms with van der Waals surface area (Å²) in [5.41, 5.74) is -0.0776. The van der Waals surface area contributed by atoms with Crippen molar-refractivity contribution in [2.45, 2.75) is 72.4 Å². The van der Waals surface area contributed by atoms with E-state index in [0.717, 1.165) is 25.9 Å². The molecule has 1 aliphatic rings. The fourth-order valence-corrected chi connectivity index (χ4v) is 3.28. The molecule has 19 heavy (non-hydrogen) atoms. The van der Waals surface area contributed by atoms with Crippen LogP contribution in [0.25, 0.3) is 0 Å². The summed E-state index contributed by atoms with van der Waals surface area (Å²) in [6.45, 7) is 16.2. The summed E-state index contributed by atoms with van der Waals surface area (Å²) < 4.78 is 0. The van der Waals surface area contributed by atoms with E-state index in [4.69, 9.17) is 0 Å². The van der Waals surface area contributed by atoms with Crippen molar-refractivity contribution in [2.24, 2.45) is 5.92 Å². The number of hydrogen-bond acceptors (Lipinski definition) is 2. The number of piperidine rings is 1. The van der Waals surface area contributed by atoms with Crippen LogP contribution in [0.1, 0.15) is 60.8 Å². The van der Waals surface area contributed by atoms with E-state index in [1.54, 1.807) is 0 Å². The Balaban J connectivity index is 2.63. The molecule has 0 atom stereocenters. The fraction of sp³-hybridized carbons (Fsp3) is 0.938. The van der Waals surface area contributed by atoms with Crippen LogP contribution in [0.4, 0.5) is 0 Å². The van der Waals surface area contributed by atoms with Crippen LogP contribution in [0.5, 0.6) is 0 Å². The van der Waals surface area contributed by atoms with Crippen LogP contribution in [-0.4, -0.2) is 46.9 Å². The second-order valence-electron chi connectivity index (χ2n) is 7.09.